The van der Waals surface area contributed by atoms with E-state index in [0.29, 0.717) is 12.4 Å². The van der Waals surface area contributed by atoms with Gasteiger partial charge in [0.1, 0.15) is 12.4 Å². The third-order valence-electron chi connectivity index (χ3n) is 3.26. The van der Waals surface area contributed by atoms with E-state index in [4.69, 9.17) is 9.47 Å². The molecule has 0 saturated carbocycles. The molecule has 1 aromatic carbocycles. The van der Waals surface area contributed by atoms with Gasteiger partial charge < -0.3 is 14.8 Å². The number of rotatable bonds is 6. The van der Waals surface area contributed by atoms with Crippen molar-refractivity contribution in [1.29, 1.82) is 0 Å². The smallest absolute Gasteiger partial charge is 0.338 e. The zero-order valence-electron chi connectivity index (χ0n) is 14.6. The standard InChI is InChI=1S/C17H19N3O5S/c1-10(15(21)20-17(23)18-3)25-16(22)12-4-6-14(7-5-12)24-8-13-9-26-11(2)19-13/h4-7,9-10H,8H2,1-3H3,(H2,18,20,21,23)/t10-/m1/s1. The van der Waals surface area contributed by atoms with Gasteiger partial charge in [-0.05, 0) is 38.1 Å². The maximum Gasteiger partial charge on any atom is 0.338 e. The highest BCUT2D eigenvalue weighted by Crippen LogP contribution is 2.16. The predicted octanol–water partition coefficient (Wildman–Crippen LogP) is 2.03. The Bertz CT molecular complexity index is 788. The molecule has 2 rings (SSSR count). The van der Waals surface area contributed by atoms with Gasteiger partial charge >= 0.3 is 12.0 Å². The number of aromatic nitrogens is 1. The second-order valence-corrected chi connectivity index (χ2v) is 6.35. The van der Waals surface area contributed by atoms with Crippen molar-refractivity contribution in [3.8, 4) is 5.75 Å². The number of thiazole rings is 1. The molecule has 8 nitrogen and oxygen atoms in total. The maximum atomic E-state index is 12.1. The Kier molecular flexibility index (Phi) is 6.67. The van der Waals surface area contributed by atoms with E-state index in [1.54, 1.807) is 23.5 Å². The van der Waals surface area contributed by atoms with Crippen LogP contribution in [0.25, 0.3) is 0 Å². The summed E-state index contributed by atoms with van der Waals surface area (Å²) in [6, 6.07) is 5.66. The molecule has 0 saturated heterocycles. The van der Waals surface area contributed by atoms with Gasteiger partial charge in [-0.3, -0.25) is 10.1 Å². The van der Waals surface area contributed by atoms with Crippen LogP contribution in [-0.4, -0.2) is 36.0 Å². The molecule has 0 aliphatic rings. The maximum absolute atomic E-state index is 12.1. The highest BCUT2D eigenvalue weighted by molar-refractivity contribution is 7.09. The Morgan fingerprint density at radius 1 is 1.23 bits per heavy atom. The van der Waals surface area contributed by atoms with Gasteiger partial charge in [0.2, 0.25) is 0 Å². The summed E-state index contributed by atoms with van der Waals surface area (Å²) in [5, 5.41) is 7.17. The lowest BCUT2D eigenvalue weighted by Crippen LogP contribution is -2.43. The van der Waals surface area contributed by atoms with Crippen LogP contribution in [-0.2, 0) is 16.1 Å². The summed E-state index contributed by atoms with van der Waals surface area (Å²) < 4.78 is 10.6. The van der Waals surface area contributed by atoms with Crippen molar-refractivity contribution in [3.63, 3.8) is 0 Å². The number of ether oxygens (including phenoxy) is 2. The number of nitrogens with one attached hydrogen (secondary N) is 2. The van der Waals surface area contributed by atoms with Crippen LogP contribution in [0.2, 0.25) is 0 Å². The Hall–Kier alpha value is -2.94. The van der Waals surface area contributed by atoms with E-state index in [1.807, 2.05) is 17.6 Å². The lowest BCUT2D eigenvalue weighted by molar-refractivity contribution is -0.127. The Morgan fingerprint density at radius 3 is 2.50 bits per heavy atom. The highest BCUT2D eigenvalue weighted by Gasteiger charge is 2.20. The van der Waals surface area contributed by atoms with Gasteiger partial charge in [0, 0.05) is 12.4 Å². The number of benzene rings is 1. The topological polar surface area (TPSA) is 107 Å². The number of hydrogen-bond acceptors (Lipinski definition) is 7. The summed E-state index contributed by atoms with van der Waals surface area (Å²) in [5.41, 5.74) is 1.10. The van der Waals surface area contributed by atoms with Crippen molar-refractivity contribution in [3.05, 3.63) is 45.9 Å². The van der Waals surface area contributed by atoms with Crippen molar-refractivity contribution in [1.82, 2.24) is 15.6 Å². The molecule has 1 aromatic heterocycles. The van der Waals surface area contributed by atoms with Crippen LogP contribution < -0.4 is 15.4 Å². The van der Waals surface area contributed by atoms with Gasteiger partial charge in [-0.15, -0.1) is 11.3 Å². The van der Waals surface area contributed by atoms with Crippen LogP contribution in [0, 0.1) is 6.92 Å². The van der Waals surface area contributed by atoms with E-state index in [-0.39, 0.29) is 5.56 Å². The fraction of sp³-hybridized carbons (Fsp3) is 0.294. The monoisotopic (exact) mass is 377 g/mol. The van der Waals surface area contributed by atoms with Crippen LogP contribution in [0.1, 0.15) is 28.0 Å². The molecular formula is C17H19N3O5S. The third kappa shape index (κ3) is 5.55. The first-order chi connectivity index (χ1) is 12.4. The van der Waals surface area contributed by atoms with E-state index in [9.17, 15) is 14.4 Å². The average molecular weight is 377 g/mol. The van der Waals surface area contributed by atoms with Crippen LogP contribution in [0.4, 0.5) is 4.79 Å². The van der Waals surface area contributed by atoms with Crippen molar-refractivity contribution in [2.75, 3.05) is 7.05 Å². The number of carbonyl (C=O) groups is 3. The van der Waals surface area contributed by atoms with Gasteiger partial charge in [-0.2, -0.15) is 0 Å². The number of urea groups is 1. The minimum Gasteiger partial charge on any atom is -0.487 e. The lowest BCUT2D eigenvalue weighted by Gasteiger charge is -2.13. The first kappa shape index (κ1) is 19.4. The molecule has 2 aromatic rings. The lowest BCUT2D eigenvalue weighted by atomic mass is 10.2. The van der Waals surface area contributed by atoms with Crippen LogP contribution in [0.5, 0.6) is 5.75 Å². The molecule has 138 valence electrons. The van der Waals surface area contributed by atoms with Gasteiger partial charge in [0.05, 0.1) is 16.3 Å². The van der Waals surface area contributed by atoms with Gasteiger partial charge in [0.15, 0.2) is 6.10 Å². The number of esters is 1. The number of amides is 3. The number of aryl methyl sites for hydroxylation is 1. The number of carbonyl (C=O) groups excluding carboxylic acids is 3. The molecule has 9 heteroatoms. The molecule has 0 spiro atoms. The first-order valence-electron chi connectivity index (χ1n) is 7.76. The molecule has 0 aliphatic carbocycles. The zero-order valence-corrected chi connectivity index (χ0v) is 15.4. The molecule has 0 bridgehead atoms. The first-order valence-corrected chi connectivity index (χ1v) is 8.64. The molecule has 0 unspecified atom stereocenters. The van der Waals surface area contributed by atoms with Crippen molar-refractivity contribution >= 4 is 29.2 Å². The normalized spacial score (nSPS) is 11.3. The number of nitrogens with zero attached hydrogens (tertiary/aromatic N) is 1. The predicted molar refractivity (Wildman–Crippen MR) is 95.1 cm³/mol. The molecule has 26 heavy (non-hydrogen) atoms. The highest BCUT2D eigenvalue weighted by atomic mass is 32.1. The van der Waals surface area contributed by atoms with Crippen LogP contribution in [0.15, 0.2) is 29.6 Å². The minimum absolute atomic E-state index is 0.265. The number of hydrogen-bond donors (Lipinski definition) is 2. The number of imide groups is 1. The molecule has 3 amide bonds. The second kappa shape index (κ2) is 8.95. The van der Waals surface area contributed by atoms with Crippen molar-refractivity contribution < 1.29 is 23.9 Å². The van der Waals surface area contributed by atoms with Gasteiger partial charge in [-0.1, -0.05) is 0 Å². The quantitative estimate of drug-likeness (QED) is 0.746. The molecule has 0 radical (unpaired) electrons. The van der Waals surface area contributed by atoms with Crippen molar-refractivity contribution in [2.45, 2.75) is 26.6 Å². The SMILES string of the molecule is CNC(=O)NC(=O)[C@@H](C)OC(=O)c1ccc(OCc2csc(C)n2)cc1. The average Bonchev–Trinajstić information content (AvgIpc) is 3.05. The van der Waals surface area contributed by atoms with E-state index in [1.165, 1.54) is 26.1 Å². The summed E-state index contributed by atoms with van der Waals surface area (Å²) in [6.45, 7) is 3.64. The summed E-state index contributed by atoms with van der Waals surface area (Å²) >= 11 is 1.55. The summed E-state index contributed by atoms with van der Waals surface area (Å²) in [7, 11) is 1.37. The Morgan fingerprint density at radius 2 is 1.92 bits per heavy atom. The third-order valence-corrected chi connectivity index (χ3v) is 4.08. The molecule has 1 atom stereocenters. The minimum atomic E-state index is -1.11. The molecule has 2 N–H and O–H groups in total. The second-order valence-electron chi connectivity index (χ2n) is 5.29. The molecular weight excluding hydrogens is 358 g/mol. The fourth-order valence-electron chi connectivity index (χ4n) is 1.88. The van der Waals surface area contributed by atoms with Crippen LogP contribution >= 0.6 is 11.3 Å². The van der Waals surface area contributed by atoms with E-state index < -0.39 is 24.0 Å². The van der Waals surface area contributed by atoms with Crippen LogP contribution in [0.3, 0.4) is 0 Å². The van der Waals surface area contributed by atoms with E-state index >= 15 is 0 Å². The van der Waals surface area contributed by atoms with Gasteiger partial charge in [-0.25, -0.2) is 14.6 Å². The Balaban J connectivity index is 1.87. The van der Waals surface area contributed by atoms with Crippen molar-refractivity contribution in [2.24, 2.45) is 0 Å². The molecule has 1 heterocycles. The molecule has 0 fully saturated rings. The molecule has 0 aliphatic heterocycles. The zero-order chi connectivity index (χ0) is 19.1. The largest absolute Gasteiger partial charge is 0.487 e. The van der Waals surface area contributed by atoms with Gasteiger partial charge in [0.25, 0.3) is 5.91 Å². The fourth-order valence-corrected chi connectivity index (χ4v) is 2.47. The summed E-state index contributed by atoms with van der Waals surface area (Å²) in [5.74, 6) is -0.806. The summed E-state index contributed by atoms with van der Waals surface area (Å²) in [4.78, 5) is 39.1. The van der Waals surface area contributed by atoms with E-state index in [0.717, 1.165) is 10.7 Å². The summed E-state index contributed by atoms with van der Waals surface area (Å²) in [6.07, 6.45) is -1.11. The Labute approximate surface area is 154 Å². The van der Waals surface area contributed by atoms with E-state index in [2.05, 4.69) is 10.3 Å².